The van der Waals surface area contributed by atoms with E-state index in [1.807, 2.05) is 6.07 Å². The molecule has 7 nitrogen and oxygen atoms in total. The first-order valence-corrected chi connectivity index (χ1v) is 11.2. The zero-order valence-electron chi connectivity index (χ0n) is 19.4. The number of ether oxygens (including phenoxy) is 2. The van der Waals surface area contributed by atoms with Crippen molar-refractivity contribution < 1.29 is 29.0 Å². The van der Waals surface area contributed by atoms with Crippen molar-refractivity contribution in [1.29, 1.82) is 0 Å². The number of carbonyl (C=O) groups excluding carboxylic acids is 3. The van der Waals surface area contributed by atoms with E-state index in [-0.39, 0.29) is 17.9 Å². The van der Waals surface area contributed by atoms with Gasteiger partial charge in [-0.3, -0.25) is 14.5 Å². The fourth-order valence-electron chi connectivity index (χ4n) is 4.20. The highest BCUT2D eigenvalue weighted by Gasteiger charge is 2.47. The van der Waals surface area contributed by atoms with E-state index in [1.165, 1.54) is 12.0 Å². The van der Waals surface area contributed by atoms with Gasteiger partial charge in [-0.05, 0) is 43.2 Å². The Bertz CT molecular complexity index is 1290. The van der Waals surface area contributed by atoms with Gasteiger partial charge < -0.3 is 14.6 Å². The van der Waals surface area contributed by atoms with Gasteiger partial charge >= 0.3 is 5.97 Å². The van der Waals surface area contributed by atoms with Crippen LogP contribution in [0.5, 0.6) is 5.75 Å². The van der Waals surface area contributed by atoms with Crippen LogP contribution in [0.3, 0.4) is 0 Å². The highest BCUT2D eigenvalue weighted by atomic mass is 16.5. The second-order valence-corrected chi connectivity index (χ2v) is 7.86. The van der Waals surface area contributed by atoms with Gasteiger partial charge in [0, 0.05) is 5.70 Å². The Balaban J connectivity index is 1.84. The lowest BCUT2D eigenvalue weighted by atomic mass is 9.95. The number of likely N-dealkylation sites (tertiary alicyclic amines) is 1. The monoisotopic (exact) mass is 471 g/mol. The van der Waals surface area contributed by atoms with Crippen LogP contribution in [-0.2, 0) is 19.1 Å². The van der Waals surface area contributed by atoms with Crippen LogP contribution in [0, 0.1) is 0 Å². The van der Waals surface area contributed by atoms with Crippen molar-refractivity contribution in [3.63, 3.8) is 0 Å². The van der Waals surface area contributed by atoms with Crippen LogP contribution in [0.1, 0.15) is 30.5 Å². The van der Waals surface area contributed by atoms with E-state index in [1.54, 1.807) is 79.8 Å². The van der Waals surface area contributed by atoms with Gasteiger partial charge in [-0.1, -0.05) is 54.6 Å². The molecule has 0 radical (unpaired) electrons. The lowest BCUT2D eigenvalue weighted by Gasteiger charge is -2.26. The van der Waals surface area contributed by atoms with Gasteiger partial charge in [0.15, 0.2) is 0 Å². The molecule has 35 heavy (non-hydrogen) atoms. The maximum absolute atomic E-state index is 13.3. The second-order valence-electron chi connectivity index (χ2n) is 7.86. The van der Waals surface area contributed by atoms with Crippen LogP contribution in [0.15, 0.2) is 95.7 Å². The zero-order valence-corrected chi connectivity index (χ0v) is 19.4. The summed E-state index contributed by atoms with van der Waals surface area (Å²) in [6, 6.07) is 14.9. The molecule has 0 bridgehead atoms. The molecule has 1 atom stereocenters. The van der Waals surface area contributed by atoms with Crippen molar-refractivity contribution in [1.82, 2.24) is 4.90 Å². The molecule has 2 aliphatic rings. The lowest BCUT2D eigenvalue weighted by molar-refractivity contribution is -0.138. The number of nitrogens with zero attached hydrogens (tertiary/aromatic N) is 1. The van der Waals surface area contributed by atoms with Crippen LogP contribution >= 0.6 is 0 Å². The SMILES string of the molecule is CCOC(=O)C1=CCC=C(N2C(=O)C(=O)/C(=C(\O)c3ccccc3OC)C2c2ccccc2)C=C1. The summed E-state index contributed by atoms with van der Waals surface area (Å²) >= 11 is 0. The second kappa shape index (κ2) is 10.3. The number of aliphatic hydroxyl groups excluding tert-OH is 1. The first-order chi connectivity index (χ1) is 17.0. The number of para-hydroxylation sites is 1. The number of methoxy groups -OCH3 is 1. The number of aliphatic hydroxyl groups is 1. The third kappa shape index (κ3) is 4.53. The molecule has 1 amide bonds. The number of allylic oxidation sites excluding steroid dienone is 3. The molecule has 2 aromatic rings. The molecule has 0 aromatic heterocycles. The van der Waals surface area contributed by atoms with E-state index in [4.69, 9.17) is 9.47 Å². The first kappa shape index (κ1) is 23.8. The van der Waals surface area contributed by atoms with E-state index in [2.05, 4.69) is 0 Å². The van der Waals surface area contributed by atoms with Gasteiger partial charge in [-0.15, -0.1) is 0 Å². The molecule has 0 saturated carbocycles. The molecule has 1 heterocycles. The Morgan fingerprint density at radius 3 is 2.46 bits per heavy atom. The van der Waals surface area contributed by atoms with Gasteiger partial charge in [0.2, 0.25) is 0 Å². The summed E-state index contributed by atoms with van der Waals surface area (Å²) < 4.78 is 10.4. The third-order valence-corrected chi connectivity index (χ3v) is 5.81. The Morgan fingerprint density at radius 2 is 1.74 bits per heavy atom. The van der Waals surface area contributed by atoms with Crippen LogP contribution < -0.4 is 4.74 Å². The minimum Gasteiger partial charge on any atom is -0.507 e. The average molecular weight is 472 g/mol. The average Bonchev–Trinajstić information content (AvgIpc) is 3.03. The molecule has 4 rings (SSSR count). The predicted molar refractivity (Wildman–Crippen MR) is 130 cm³/mol. The van der Waals surface area contributed by atoms with Crippen molar-refractivity contribution >= 4 is 23.4 Å². The summed E-state index contributed by atoms with van der Waals surface area (Å²) in [5.74, 6) is -1.98. The Hall–Kier alpha value is -4.39. The summed E-state index contributed by atoms with van der Waals surface area (Å²) in [4.78, 5) is 40.2. The molecule has 1 saturated heterocycles. The van der Waals surface area contributed by atoms with Gasteiger partial charge in [-0.2, -0.15) is 0 Å². The fourth-order valence-corrected chi connectivity index (χ4v) is 4.20. The number of amides is 1. The van der Waals surface area contributed by atoms with Crippen molar-refractivity contribution in [3.05, 3.63) is 107 Å². The molecule has 1 aliphatic heterocycles. The Morgan fingerprint density at radius 1 is 1.03 bits per heavy atom. The van der Waals surface area contributed by atoms with E-state index in [0.717, 1.165) is 0 Å². The number of hydrogen-bond acceptors (Lipinski definition) is 6. The molecule has 2 aromatic carbocycles. The number of Topliss-reactive ketones (excluding diaryl/α,β-unsaturated/α-hetero) is 1. The topological polar surface area (TPSA) is 93.1 Å². The van der Waals surface area contributed by atoms with Crippen molar-refractivity contribution in [2.45, 2.75) is 19.4 Å². The maximum atomic E-state index is 13.3. The number of esters is 1. The normalized spacial score (nSPS) is 19.1. The molecule has 178 valence electrons. The summed E-state index contributed by atoms with van der Waals surface area (Å²) in [5.41, 5.74) is 1.73. The zero-order chi connectivity index (χ0) is 24.9. The van der Waals surface area contributed by atoms with Crippen molar-refractivity contribution in [2.75, 3.05) is 13.7 Å². The lowest BCUT2D eigenvalue weighted by Crippen LogP contribution is -2.28. The number of carbonyl (C=O) groups is 3. The molecule has 7 heteroatoms. The van der Waals surface area contributed by atoms with E-state index < -0.39 is 23.7 Å². The Kier molecular flexibility index (Phi) is 6.96. The highest BCUT2D eigenvalue weighted by Crippen LogP contribution is 2.43. The largest absolute Gasteiger partial charge is 0.507 e. The number of rotatable bonds is 6. The maximum Gasteiger partial charge on any atom is 0.337 e. The quantitative estimate of drug-likeness (QED) is 0.290. The minimum atomic E-state index is -0.874. The van der Waals surface area contributed by atoms with Gasteiger partial charge in [0.25, 0.3) is 11.7 Å². The minimum absolute atomic E-state index is 0.0391. The molecular formula is C28H25NO6. The van der Waals surface area contributed by atoms with Gasteiger partial charge in [0.1, 0.15) is 11.5 Å². The first-order valence-electron chi connectivity index (χ1n) is 11.2. The van der Waals surface area contributed by atoms with Crippen molar-refractivity contribution in [3.8, 4) is 5.75 Å². The van der Waals surface area contributed by atoms with Crippen molar-refractivity contribution in [2.24, 2.45) is 0 Å². The molecular weight excluding hydrogens is 446 g/mol. The summed E-state index contributed by atoms with van der Waals surface area (Å²) in [7, 11) is 1.47. The summed E-state index contributed by atoms with van der Waals surface area (Å²) in [6.45, 7) is 1.97. The van der Waals surface area contributed by atoms with Crippen LogP contribution in [0.4, 0.5) is 0 Å². The standard InChI is InChI=1S/C28H25NO6/c1-3-35-28(33)19-12-9-13-20(17-16-19)29-24(18-10-5-4-6-11-18)23(26(31)27(29)32)25(30)21-14-7-8-15-22(21)34-2/h4-8,10-17,24,30H,3,9H2,1-2H3/b25-23-. The summed E-state index contributed by atoms with van der Waals surface area (Å²) in [6.07, 6.45) is 6.99. The number of benzene rings is 2. The Labute approximate surface area is 203 Å². The smallest absolute Gasteiger partial charge is 0.337 e. The number of hydrogen-bond donors (Lipinski definition) is 1. The van der Waals surface area contributed by atoms with Gasteiger partial charge in [0.05, 0.1) is 36.5 Å². The van der Waals surface area contributed by atoms with Crippen LogP contribution in [0.25, 0.3) is 5.76 Å². The van der Waals surface area contributed by atoms with E-state index in [0.29, 0.717) is 34.6 Å². The highest BCUT2D eigenvalue weighted by molar-refractivity contribution is 6.47. The number of ketones is 1. The van der Waals surface area contributed by atoms with E-state index in [9.17, 15) is 19.5 Å². The molecule has 1 unspecified atom stereocenters. The molecule has 1 fully saturated rings. The molecule has 0 spiro atoms. The molecule has 1 N–H and O–H groups in total. The fraction of sp³-hybridized carbons (Fsp3) is 0.179. The van der Waals surface area contributed by atoms with Crippen LogP contribution in [0.2, 0.25) is 0 Å². The van der Waals surface area contributed by atoms with Crippen LogP contribution in [-0.4, -0.2) is 41.4 Å². The van der Waals surface area contributed by atoms with Gasteiger partial charge in [-0.25, -0.2) is 4.79 Å². The molecule has 1 aliphatic carbocycles. The predicted octanol–water partition coefficient (Wildman–Crippen LogP) is 4.45. The third-order valence-electron chi connectivity index (χ3n) is 5.81. The summed E-state index contributed by atoms with van der Waals surface area (Å²) in [5, 5.41) is 11.3. The van der Waals surface area contributed by atoms with E-state index >= 15 is 0 Å².